The Morgan fingerprint density at radius 3 is 2.54 bits per heavy atom. The largest absolute Gasteiger partial charge is 0.462 e. The van der Waals surface area contributed by atoms with E-state index in [-0.39, 0.29) is 17.5 Å². The summed E-state index contributed by atoms with van der Waals surface area (Å²) in [6.45, 7) is 7.14. The minimum atomic E-state index is -0.613. The third-order valence-electron chi connectivity index (χ3n) is 3.50. The molecule has 0 spiro atoms. The molecule has 1 aliphatic heterocycles. The second kappa shape index (κ2) is 5.67. The Hall–Kier alpha value is -2.82. The van der Waals surface area contributed by atoms with Crippen LogP contribution in [0.1, 0.15) is 42.6 Å². The van der Waals surface area contributed by atoms with E-state index in [1.54, 1.807) is 51.1 Å². The molecule has 5 heteroatoms. The molecule has 0 saturated heterocycles. The van der Waals surface area contributed by atoms with Gasteiger partial charge in [0, 0.05) is 12.1 Å². The summed E-state index contributed by atoms with van der Waals surface area (Å²) in [6.07, 6.45) is 1.55. The predicted octanol–water partition coefficient (Wildman–Crippen LogP) is 4.16. The van der Waals surface area contributed by atoms with Crippen LogP contribution in [0.25, 0.3) is 6.08 Å². The molecule has 1 aromatic heterocycles. The van der Waals surface area contributed by atoms with Gasteiger partial charge in [-0.05, 0) is 52.0 Å². The maximum absolute atomic E-state index is 12.4. The summed E-state index contributed by atoms with van der Waals surface area (Å²) >= 11 is 0. The highest BCUT2D eigenvalue weighted by atomic mass is 16.5. The van der Waals surface area contributed by atoms with Crippen molar-refractivity contribution in [2.24, 2.45) is 5.41 Å². The van der Waals surface area contributed by atoms with Crippen LogP contribution in [0.5, 0.6) is 11.5 Å². The normalized spacial score (nSPS) is 15.3. The smallest absolute Gasteiger partial charge is 0.316 e. The van der Waals surface area contributed by atoms with Crippen LogP contribution in [0.3, 0.4) is 0 Å². The average Bonchev–Trinajstić information content (AvgIpc) is 3.03. The van der Waals surface area contributed by atoms with E-state index in [4.69, 9.17) is 13.9 Å². The zero-order valence-corrected chi connectivity index (χ0v) is 14.0. The molecule has 0 aliphatic carbocycles. The molecule has 0 bridgehead atoms. The molecule has 0 saturated carbocycles. The van der Waals surface area contributed by atoms with Crippen molar-refractivity contribution < 1.29 is 23.5 Å². The van der Waals surface area contributed by atoms with Crippen molar-refractivity contribution >= 4 is 17.8 Å². The van der Waals surface area contributed by atoms with Crippen LogP contribution in [-0.4, -0.2) is 11.8 Å². The first-order valence-electron chi connectivity index (χ1n) is 7.61. The van der Waals surface area contributed by atoms with E-state index >= 15 is 0 Å². The number of allylic oxidation sites excluding steroid dienone is 1. The number of furan rings is 1. The van der Waals surface area contributed by atoms with Crippen LogP contribution in [0.2, 0.25) is 0 Å². The summed E-state index contributed by atoms with van der Waals surface area (Å²) in [5, 5.41) is 0. The molecular formula is C19H18O5. The van der Waals surface area contributed by atoms with Gasteiger partial charge in [-0.15, -0.1) is 0 Å². The molecule has 1 aromatic carbocycles. The molecule has 0 radical (unpaired) electrons. The lowest BCUT2D eigenvalue weighted by Crippen LogP contribution is -2.25. The van der Waals surface area contributed by atoms with Gasteiger partial charge in [-0.3, -0.25) is 9.59 Å². The van der Waals surface area contributed by atoms with Gasteiger partial charge < -0.3 is 13.9 Å². The topological polar surface area (TPSA) is 65.7 Å². The number of aryl methyl sites for hydroxylation is 1. The van der Waals surface area contributed by atoms with Crippen LogP contribution in [0.15, 0.2) is 40.5 Å². The molecule has 24 heavy (non-hydrogen) atoms. The third-order valence-corrected chi connectivity index (χ3v) is 3.50. The van der Waals surface area contributed by atoms with Gasteiger partial charge in [0.2, 0.25) is 5.78 Å². The van der Waals surface area contributed by atoms with Crippen LogP contribution < -0.4 is 9.47 Å². The van der Waals surface area contributed by atoms with Crippen LogP contribution in [-0.2, 0) is 4.79 Å². The van der Waals surface area contributed by atoms with Gasteiger partial charge in [0.1, 0.15) is 23.0 Å². The first-order valence-corrected chi connectivity index (χ1v) is 7.61. The van der Waals surface area contributed by atoms with Gasteiger partial charge in [0.25, 0.3) is 0 Å². The van der Waals surface area contributed by atoms with Crippen molar-refractivity contribution in [3.05, 3.63) is 53.2 Å². The van der Waals surface area contributed by atoms with Gasteiger partial charge in [0.15, 0.2) is 5.76 Å². The number of esters is 1. The van der Waals surface area contributed by atoms with Gasteiger partial charge in [-0.25, -0.2) is 0 Å². The van der Waals surface area contributed by atoms with Crippen molar-refractivity contribution in [1.29, 1.82) is 0 Å². The van der Waals surface area contributed by atoms with Gasteiger partial charge in [-0.1, -0.05) is 0 Å². The Balaban J connectivity index is 1.84. The summed E-state index contributed by atoms with van der Waals surface area (Å²) in [6, 6.07) is 8.30. The summed E-state index contributed by atoms with van der Waals surface area (Å²) in [5.74, 6) is 1.61. The molecule has 5 nitrogen and oxygen atoms in total. The van der Waals surface area contributed by atoms with Crippen LogP contribution in [0, 0.1) is 12.3 Å². The number of hydrogen-bond donors (Lipinski definition) is 0. The Bertz CT molecular complexity index is 849. The molecule has 2 heterocycles. The molecule has 0 fully saturated rings. The lowest BCUT2D eigenvalue weighted by Gasteiger charge is -2.16. The fourth-order valence-corrected chi connectivity index (χ4v) is 2.15. The molecule has 0 amide bonds. The lowest BCUT2D eigenvalue weighted by molar-refractivity contribution is -0.143. The molecular weight excluding hydrogens is 308 g/mol. The molecule has 3 rings (SSSR count). The van der Waals surface area contributed by atoms with E-state index in [1.807, 2.05) is 13.0 Å². The third kappa shape index (κ3) is 3.11. The predicted molar refractivity (Wildman–Crippen MR) is 87.9 cm³/mol. The number of benzene rings is 1. The number of rotatable bonds is 2. The van der Waals surface area contributed by atoms with E-state index in [0.29, 0.717) is 22.8 Å². The van der Waals surface area contributed by atoms with E-state index in [2.05, 4.69) is 0 Å². The van der Waals surface area contributed by atoms with E-state index in [0.717, 1.165) is 5.76 Å². The number of carbonyl (C=O) groups excluding carboxylic acids is 2. The highest BCUT2D eigenvalue weighted by Gasteiger charge is 2.29. The summed E-state index contributed by atoms with van der Waals surface area (Å²) in [7, 11) is 0. The van der Waals surface area contributed by atoms with Crippen molar-refractivity contribution in [3.63, 3.8) is 0 Å². The number of hydrogen-bond acceptors (Lipinski definition) is 5. The van der Waals surface area contributed by atoms with Crippen molar-refractivity contribution in [1.82, 2.24) is 0 Å². The quantitative estimate of drug-likeness (QED) is 0.471. The number of ketones is 1. The number of fused-ring (bicyclic) bond motifs is 1. The minimum Gasteiger partial charge on any atom is -0.462 e. The molecule has 0 N–H and O–H groups in total. The maximum Gasteiger partial charge on any atom is 0.316 e. The Morgan fingerprint density at radius 2 is 1.92 bits per heavy atom. The second-order valence-corrected chi connectivity index (χ2v) is 6.69. The Labute approximate surface area is 139 Å². The standard InChI is InChI=1S/C19H18O5/c1-11-5-6-12(22-11)10-16-17(20)14-8-7-13(9-15(14)24-16)23-18(21)19(2,3)4/h5-10H,1-4H3. The highest BCUT2D eigenvalue weighted by molar-refractivity contribution is 6.14. The monoisotopic (exact) mass is 326 g/mol. The number of carbonyl (C=O) groups is 2. The first kappa shape index (κ1) is 16.1. The first-order chi connectivity index (χ1) is 11.2. The molecule has 124 valence electrons. The zero-order valence-electron chi connectivity index (χ0n) is 14.0. The molecule has 0 unspecified atom stereocenters. The van der Waals surface area contributed by atoms with E-state index < -0.39 is 5.41 Å². The molecule has 0 atom stereocenters. The van der Waals surface area contributed by atoms with Crippen molar-refractivity contribution in [2.45, 2.75) is 27.7 Å². The summed E-state index contributed by atoms with van der Waals surface area (Å²) in [4.78, 5) is 24.3. The van der Waals surface area contributed by atoms with E-state index in [9.17, 15) is 9.59 Å². The zero-order chi connectivity index (χ0) is 17.5. The van der Waals surface area contributed by atoms with Gasteiger partial charge in [-0.2, -0.15) is 0 Å². The van der Waals surface area contributed by atoms with Crippen LogP contribution >= 0.6 is 0 Å². The number of Topliss-reactive ketones (excluding diaryl/α,β-unsaturated/α-hetero) is 1. The van der Waals surface area contributed by atoms with Crippen molar-refractivity contribution in [2.75, 3.05) is 0 Å². The summed E-state index contributed by atoms with van der Waals surface area (Å²) in [5.41, 5.74) is -0.183. The maximum atomic E-state index is 12.4. The minimum absolute atomic E-state index is 0.179. The second-order valence-electron chi connectivity index (χ2n) is 6.69. The lowest BCUT2D eigenvalue weighted by atomic mass is 9.97. The molecule has 2 aromatic rings. The fourth-order valence-electron chi connectivity index (χ4n) is 2.15. The van der Waals surface area contributed by atoms with Gasteiger partial charge in [0.05, 0.1) is 11.0 Å². The fraction of sp³-hybridized carbons (Fsp3) is 0.263. The summed E-state index contributed by atoms with van der Waals surface area (Å²) < 4.78 is 16.4. The Morgan fingerprint density at radius 1 is 1.17 bits per heavy atom. The van der Waals surface area contributed by atoms with Crippen LogP contribution in [0.4, 0.5) is 0 Å². The number of ether oxygens (including phenoxy) is 2. The molecule has 1 aliphatic rings. The Kier molecular flexibility index (Phi) is 3.79. The van der Waals surface area contributed by atoms with Crippen molar-refractivity contribution in [3.8, 4) is 11.5 Å². The van der Waals surface area contributed by atoms with Gasteiger partial charge >= 0.3 is 5.97 Å². The highest BCUT2D eigenvalue weighted by Crippen LogP contribution is 2.35. The average molecular weight is 326 g/mol. The SMILES string of the molecule is Cc1ccc(C=C2Oc3cc(OC(=O)C(C)(C)C)ccc3C2=O)o1. The van der Waals surface area contributed by atoms with E-state index in [1.165, 1.54) is 0 Å².